The molecular weight excluding hydrogens is 254 g/mol. The van der Waals surface area contributed by atoms with Gasteiger partial charge >= 0.3 is 0 Å². The molecule has 4 nitrogen and oxygen atoms in total. The topological polar surface area (TPSA) is 54.5 Å². The lowest BCUT2D eigenvalue weighted by atomic mass is 9.88. The van der Waals surface area contributed by atoms with E-state index in [9.17, 15) is 14.4 Å². The first kappa shape index (κ1) is 14.4. The smallest absolute Gasteiger partial charge is 0.238 e. The third-order valence-electron chi connectivity index (χ3n) is 3.78. The van der Waals surface area contributed by atoms with Crippen molar-refractivity contribution in [1.82, 2.24) is 0 Å². The molecule has 2 atom stereocenters. The number of rotatable bonds is 6. The highest BCUT2D eigenvalue weighted by atomic mass is 16.2. The number of benzene rings is 1. The lowest BCUT2D eigenvalue weighted by molar-refractivity contribution is -0.125. The van der Waals surface area contributed by atoms with Crippen LogP contribution in [0, 0.1) is 11.8 Å². The van der Waals surface area contributed by atoms with Crippen molar-refractivity contribution in [2.75, 3.05) is 4.90 Å². The number of para-hydroxylation sites is 1. The molecule has 0 bridgehead atoms. The van der Waals surface area contributed by atoms with Crippen LogP contribution in [0.2, 0.25) is 0 Å². The summed E-state index contributed by atoms with van der Waals surface area (Å²) in [6.07, 6.45) is 3.52. The van der Waals surface area contributed by atoms with Gasteiger partial charge in [-0.1, -0.05) is 38.0 Å². The average molecular weight is 273 g/mol. The van der Waals surface area contributed by atoms with Gasteiger partial charge in [-0.25, -0.2) is 0 Å². The Morgan fingerprint density at radius 2 is 2.00 bits per heavy atom. The fourth-order valence-corrected chi connectivity index (χ4v) is 2.64. The molecule has 1 aliphatic rings. The van der Waals surface area contributed by atoms with Gasteiger partial charge in [0.1, 0.15) is 6.29 Å². The molecule has 0 saturated carbocycles. The van der Waals surface area contributed by atoms with Crippen LogP contribution in [-0.4, -0.2) is 18.1 Å². The van der Waals surface area contributed by atoms with Gasteiger partial charge in [-0.3, -0.25) is 14.5 Å². The highest BCUT2D eigenvalue weighted by molar-refractivity contribution is 6.21. The number of amides is 2. The summed E-state index contributed by atoms with van der Waals surface area (Å²) in [5.74, 6) is -1.30. The van der Waals surface area contributed by atoms with Gasteiger partial charge in [-0.2, -0.15) is 0 Å². The zero-order valence-electron chi connectivity index (χ0n) is 11.6. The Kier molecular flexibility index (Phi) is 4.66. The van der Waals surface area contributed by atoms with Gasteiger partial charge in [-0.05, 0) is 18.6 Å². The Hall–Kier alpha value is -1.97. The average Bonchev–Trinajstić information content (AvgIpc) is 2.76. The van der Waals surface area contributed by atoms with Gasteiger partial charge in [0, 0.05) is 12.3 Å². The Labute approximate surface area is 118 Å². The number of imide groups is 1. The molecule has 1 saturated heterocycles. The predicted molar refractivity (Wildman–Crippen MR) is 76.1 cm³/mol. The third-order valence-corrected chi connectivity index (χ3v) is 3.78. The number of hydrogen-bond acceptors (Lipinski definition) is 3. The summed E-state index contributed by atoms with van der Waals surface area (Å²) in [6.45, 7) is 2.04. The van der Waals surface area contributed by atoms with E-state index in [-0.39, 0.29) is 24.2 Å². The minimum absolute atomic E-state index is 0.140. The predicted octanol–water partition coefficient (Wildman–Crippen LogP) is 2.57. The van der Waals surface area contributed by atoms with Crippen LogP contribution in [0.4, 0.5) is 5.69 Å². The number of hydrogen-bond donors (Lipinski definition) is 0. The highest BCUT2D eigenvalue weighted by Gasteiger charge is 2.43. The van der Waals surface area contributed by atoms with Gasteiger partial charge in [0.2, 0.25) is 11.8 Å². The fourth-order valence-electron chi connectivity index (χ4n) is 2.64. The zero-order chi connectivity index (χ0) is 14.5. The van der Waals surface area contributed by atoms with Gasteiger partial charge in [-0.15, -0.1) is 0 Å². The highest BCUT2D eigenvalue weighted by Crippen LogP contribution is 2.32. The van der Waals surface area contributed by atoms with Crippen LogP contribution in [0.1, 0.15) is 32.6 Å². The van der Waals surface area contributed by atoms with Crippen molar-refractivity contribution in [2.45, 2.75) is 32.6 Å². The second-order valence-electron chi connectivity index (χ2n) is 5.16. The SMILES string of the molecule is CCCC[C@@H](C=O)[C@@H]1CC(=O)N(c2ccccc2)C1=O. The first-order chi connectivity index (χ1) is 9.69. The van der Waals surface area contributed by atoms with E-state index in [0.717, 1.165) is 19.1 Å². The van der Waals surface area contributed by atoms with E-state index in [1.54, 1.807) is 24.3 Å². The van der Waals surface area contributed by atoms with Crippen LogP contribution >= 0.6 is 0 Å². The maximum absolute atomic E-state index is 12.4. The van der Waals surface area contributed by atoms with Crippen molar-refractivity contribution in [3.8, 4) is 0 Å². The minimum Gasteiger partial charge on any atom is -0.303 e. The van der Waals surface area contributed by atoms with Crippen molar-refractivity contribution in [2.24, 2.45) is 11.8 Å². The molecule has 1 aliphatic heterocycles. The maximum atomic E-state index is 12.4. The van der Waals surface area contributed by atoms with Crippen molar-refractivity contribution in [3.05, 3.63) is 30.3 Å². The Bertz CT molecular complexity index is 498. The molecule has 2 amide bonds. The lowest BCUT2D eigenvalue weighted by Gasteiger charge is -2.17. The largest absolute Gasteiger partial charge is 0.303 e. The van der Waals surface area contributed by atoms with Gasteiger partial charge < -0.3 is 4.79 Å². The number of carbonyl (C=O) groups excluding carboxylic acids is 3. The maximum Gasteiger partial charge on any atom is 0.238 e. The Balaban J connectivity index is 2.18. The summed E-state index contributed by atoms with van der Waals surface area (Å²) in [4.78, 5) is 36.9. The van der Waals surface area contributed by atoms with E-state index in [1.807, 2.05) is 13.0 Å². The van der Waals surface area contributed by atoms with Crippen molar-refractivity contribution >= 4 is 23.8 Å². The summed E-state index contributed by atoms with van der Waals surface area (Å²) in [6, 6.07) is 8.89. The molecule has 0 aromatic heterocycles. The number of anilines is 1. The molecule has 2 rings (SSSR count). The van der Waals surface area contributed by atoms with Crippen molar-refractivity contribution in [3.63, 3.8) is 0 Å². The van der Waals surface area contributed by atoms with E-state index in [0.29, 0.717) is 12.1 Å². The molecule has 0 unspecified atom stereocenters. The van der Waals surface area contributed by atoms with E-state index in [4.69, 9.17) is 0 Å². The van der Waals surface area contributed by atoms with Crippen LogP contribution in [0.25, 0.3) is 0 Å². The molecule has 106 valence electrons. The van der Waals surface area contributed by atoms with Crippen molar-refractivity contribution in [1.29, 1.82) is 0 Å². The molecule has 1 aromatic rings. The van der Waals surface area contributed by atoms with Crippen LogP contribution in [0.15, 0.2) is 30.3 Å². The normalized spacial score (nSPS) is 20.2. The van der Waals surface area contributed by atoms with E-state index in [2.05, 4.69) is 0 Å². The van der Waals surface area contributed by atoms with Crippen LogP contribution in [0.3, 0.4) is 0 Å². The van der Waals surface area contributed by atoms with Gasteiger partial charge in [0.15, 0.2) is 0 Å². The Morgan fingerprint density at radius 3 is 2.60 bits per heavy atom. The quantitative estimate of drug-likeness (QED) is 0.591. The van der Waals surface area contributed by atoms with E-state index in [1.165, 1.54) is 4.90 Å². The standard InChI is InChI=1S/C16H19NO3/c1-2-3-7-12(11-18)14-10-15(19)17(16(14)20)13-8-5-4-6-9-13/h4-6,8-9,11-12,14H,2-3,7,10H2,1H3/t12-,14-/m0/s1. The summed E-state index contributed by atoms with van der Waals surface area (Å²) in [7, 11) is 0. The molecule has 20 heavy (non-hydrogen) atoms. The number of carbonyl (C=O) groups is 3. The van der Waals surface area contributed by atoms with Gasteiger partial charge in [0.25, 0.3) is 0 Å². The molecule has 0 spiro atoms. The fraction of sp³-hybridized carbons (Fsp3) is 0.438. The first-order valence-electron chi connectivity index (χ1n) is 7.06. The second kappa shape index (κ2) is 6.46. The summed E-state index contributed by atoms with van der Waals surface area (Å²) in [5, 5.41) is 0. The monoisotopic (exact) mass is 273 g/mol. The van der Waals surface area contributed by atoms with E-state index >= 15 is 0 Å². The van der Waals surface area contributed by atoms with Crippen LogP contribution in [0.5, 0.6) is 0 Å². The summed E-state index contributed by atoms with van der Waals surface area (Å²) < 4.78 is 0. The molecular formula is C16H19NO3. The molecule has 1 heterocycles. The van der Waals surface area contributed by atoms with Crippen LogP contribution < -0.4 is 4.90 Å². The minimum atomic E-state index is -0.494. The number of unbranched alkanes of at least 4 members (excludes halogenated alkanes) is 1. The molecule has 0 aliphatic carbocycles. The number of nitrogens with zero attached hydrogens (tertiary/aromatic N) is 1. The zero-order valence-corrected chi connectivity index (χ0v) is 11.6. The molecule has 1 aromatic carbocycles. The summed E-state index contributed by atoms with van der Waals surface area (Å²) in [5.41, 5.74) is 0.588. The third kappa shape index (κ3) is 2.79. The molecule has 0 N–H and O–H groups in total. The molecule has 0 radical (unpaired) electrons. The Morgan fingerprint density at radius 1 is 1.30 bits per heavy atom. The summed E-state index contributed by atoms with van der Waals surface area (Å²) >= 11 is 0. The molecule has 4 heteroatoms. The van der Waals surface area contributed by atoms with Crippen molar-refractivity contribution < 1.29 is 14.4 Å². The molecule has 1 fully saturated rings. The van der Waals surface area contributed by atoms with Gasteiger partial charge in [0.05, 0.1) is 11.6 Å². The number of aldehydes is 1. The first-order valence-corrected chi connectivity index (χ1v) is 7.06. The second-order valence-corrected chi connectivity index (χ2v) is 5.16. The lowest BCUT2D eigenvalue weighted by Crippen LogP contribution is -2.32. The van der Waals surface area contributed by atoms with E-state index < -0.39 is 5.92 Å². The van der Waals surface area contributed by atoms with Crippen LogP contribution in [-0.2, 0) is 14.4 Å².